The van der Waals surface area contributed by atoms with Gasteiger partial charge in [-0.05, 0) is 57.3 Å². The fraction of sp³-hybridized carbons (Fsp3) is 0.885. The highest BCUT2D eigenvalue weighted by atomic mass is 16.5. The van der Waals surface area contributed by atoms with Gasteiger partial charge >= 0.3 is 5.97 Å². The highest BCUT2D eigenvalue weighted by molar-refractivity contribution is 5.69. The number of aliphatic hydroxyl groups is 2. The molecule has 4 nitrogen and oxygen atoms in total. The maximum Gasteiger partial charge on any atom is 0.305 e. The molecular formula is C26H48O4. The third-order valence-corrected chi connectivity index (χ3v) is 7.32. The molecule has 1 rings (SSSR count). The molecule has 0 radical (unpaired) electrons. The molecular weight excluding hydrogens is 376 g/mol. The molecule has 0 heterocycles. The molecule has 2 N–H and O–H groups in total. The van der Waals surface area contributed by atoms with Crippen molar-refractivity contribution in [2.45, 2.75) is 130 Å². The molecule has 1 unspecified atom stereocenters. The van der Waals surface area contributed by atoms with Crippen LogP contribution in [0.5, 0.6) is 0 Å². The van der Waals surface area contributed by atoms with Crippen LogP contribution in [0.2, 0.25) is 0 Å². The van der Waals surface area contributed by atoms with Crippen LogP contribution in [-0.2, 0) is 9.53 Å². The van der Waals surface area contributed by atoms with Gasteiger partial charge in [0.25, 0.3) is 0 Å². The van der Waals surface area contributed by atoms with Gasteiger partial charge in [-0.15, -0.1) is 0 Å². The molecule has 1 aliphatic rings. The standard InChI is InChI=1S/C26H48O4/c1-6-9-19-25(4,5)26(29,7-2)20-18-21-16-17-23(27)22(21)14-12-10-11-13-15-24(28)30-8-3/h18,22-23,27,29H,6-17,19-20H2,1-5H3/t22-,23-,26?/m1/s1. The van der Waals surface area contributed by atoms with Gasteiger partial charge in [0.1, 0.15) is 0 Å². The molecule has 176 valence electrons. The topological polar surface area (TPSA) is 66.8 Å². The summed E-state index contributed by atoms with van der Waals surface area (Å²) in [5.41, 5.74) is 0.535. The number of hydrogen-bond acceptors (Lipinski definition) is 4. The van der Waals surface area contributed by atoms with Gasteiger partial charge < -0.3 is 14.9 Å². The van der Waals surface area contributed by atoms with E-state index in [1.165, 1.54) is 5.57 Å². The molecule has 0 aromatic rings. The zero-order valence-corrected chi connectivity index (χ0v) is 20.3. The van der Waals surface area contributed by atoms with Crippen molar-refractivity contribution in [2.24, 2.45) is 11.3 Å². The molecule has 1 aliphatic carbocycles. The number of carbonyl (C=O) groups excluding carboxylic acids is 1. The van der Waals surface area contributed by atoms with Crippen LogP contribution < -0.4 is 0 Å². The lowest BCUT2D eigenvalue weighted by molar-refractivity contribution is -0.143. The Balaban J connectivity index is 2.55. The first kappa shape index (κ1) is 27.2. The average Bonchev–Trinajstić information content (AvgIpc) is 3.06. The van der Waals surface area contributed by atoms with Gasteiger partial charge in [-0.3, -0.25) is 4.79 Å². The van der Waals surface area contributed by atoms with Gasteiger partial charge in [-0.1, -0.05) is 71.4 Å². The molecule has 3 atom stereocenters. The summed E-state index contributed by atoms with van der Waals surface area (Å²) in [7, 11) is 0. The van der Waals surface area contributed by atoms with Gasteiger partial charge in [-0.2, -0.15) is 0 Å². The number of esters is 1. The van der Waals surface area contributed by atoms with Crippen LogP contribution in [0.25, 0.3) is 0 Å². The Morgan fingerprint density at radius 3 is 2.47 bits per heavy atom. The van der Waals surface area contributed by atoms with Crippen LogP contribution in [0.15, 0.2) is 11.6 Å². The second kappa shape index (κ2) is 13.5. The maximum absolute atomic E-state index is 11.4. The summed E-state index contributed by atoms with van der Waals surface area (Å²) in [6, 6.07) is 0. The highest BCUT2D eigenvalue weighted by Crippen LogP contribution is 2.43. The maximum atomic E-state index is 11.4. The normalized spacial score (nSPS) is 23.0. The molecule has 1 fully saturated rings. The second-order valence-electron chi connectivity index (χ2n) is 9.83. The molecule has 4 heteroatoms. The van der Waals surface area contributed by atoms with Gasteiger partial charge in [0.2, 0.25) is 0 Å². The summed E-state index contributed by atoms with van der Waals surface area (Å²) in [5.74, 6) is 0.133. The predicted octanol–water partition coefficient (Wildman–Crippen LogP) is 6.34. The lowest BCUT2D eigenvalue weighted by Crippen LogP contribution is -2.44. The minimum atomic E-state index is -0.694. The van der Waals surface area contributed by atoms with E-state index in [1.807, 2.05) is 6.92 Å². The number of rotatable bonds is 15. The summed E-state index contributed by atoms with van der Waals surface area (Å²) in [6.07, 6.45) is 14.1. The van der Waals surface area contributed by atoms with Crippen molar-refractivity contribution in [3.8, 4) is 0 Å². The van der Waals surface area contributed by atoms with Crippen LogP contribution >= 0.6 is 0 Å². The summed E-state index contributed by atoms with van der Waals surface area (Å²) in [5, 5.41) is 21.9. The average molecular weight is 425 g/mol. The van der Waals surface area contributed by atoms with Crippen LogP contribution in [0.3, 0.4) is 0 Å². The first-order valence-electron chi connectivity index (χ1n) is 12.5. The van der Waals surface area contributed by atoms with Crippen LogP contribution in [0, 0.1) is 11.3 Å². The van der Waals surface area contributed by atoms with E-state index >= 15 is 0 Å². The second-order valence-corrected chi connectivity index (χ2v) is 9.83. The van der Waals surface area contributed by atoms with Crippen LogP contribution in [-0.4, -0.2) is 34.5 Å². The highest BCUT2D eigenvalue weighted by Gasteiger charge is 2.41. The van der Waals surface area contributed by atoms with E-state index in [9.17, 15) is 15.0 Å². The molecule has 0 spiro atoms. The minimum Gasteiger partial charge on any atom is -0.466 e. The minimum absolute atomic E-state index is 0.0980. The van der Waals surface area contributed by atoms with Crippen LogP contribution in [0.1, 0.15) is 118 Å². The number of unbranched alkanes of at least 4 members (excludes halogenated alkanes) is 4. The summed E-state index contributed by atoms with van der Waals surface area (Å²) in [4.78, 5) is 11.4. The van der Waals surface area contributed by atoms with Crippen molar-refractivity contribution in [3.63, 3.8) is 0 Å². The molecule has 30 heavy (non-hydrogen) atoms. The van der Waals surface area contributed by atoms with Crippen molar-refractivity contribution in [3.05, 3.63) is 11.6 Å². The van der Waals surface area contributed by atoms with E-state index in [4.69, 9.17) is 4.74 Å². The Labute approximate surface area is 185 Å². The van der Waals surface area contributed by atoms with Crippen molar-refractivity contribution >= 4 is 5.97 Å². The lowest BCUT2D eigenvalue weighted by atomic mass is 9.68. The third-order valence-electron chi connectivity index (χ3n) is 7.32. The number of hydrogen-bond donors (Lipinski definition) is 2. The SMILES string of the molecule is CCCCC(C)(C)C(O)(CC)CC=C1CC[C@@H](O)[C@@H]1CCCCCCC(=O)OCC. The van der Waals surface area contributed by atoms with E-state index < -0.39 is 5.60 Å². The van der Waals surface area contributed by atoms with Crippen molar-refractivity contribution in [1.29, 1.82) is 0 Å². The molecule has 0 aliphatic heterocycles. The van der Waals surface area contributed by atoms with E-state index in [0.717, 1.165) is 70.6 Å². The van der Waals surface area contributed by atoms with Gasteiger partial charge in [-0.25, -0.2) is 0 Å². The van der Waals surface area contributed by atoms with Crippen molar-refractivity contribution < 1.29 is 19.7 Å². The fourth-order valence-corrected chi connectivity index (χ4v) is 4.85. The third kappa shape index (κ3) is 8.34. The smallest absolute Gasteiger partial charge is 0.305 e. The van der Waals surface area contributed by atoms with Gasteiger partial charge in [0.05, 0.1) is 18.3 Å². The quantitative estimate of drug-likeness (QED) is 0.183. The summed E-state index contributed by atoms with van der Waals surface area (Å²) >= 11 is 0. The Morgan fingerprint density at radius 1 is 1.13 bits per heavy atom. The van der Waals surface area contributed by atoms with Gasteiger partial charge in [0, 0.05) is 12.3 Å². The first-order chi connectivity index (χ1) is 14.2. The monoisotopic (exact) mass is 424 g/mol. The Kier molecular flexibility index (Phi) is 12.2. The van der Waals surface area contributed by atoms with Crippen LogP contribution in [0.4, 0.5) is 0 Å². The van der Waals surface area contributed by atoms with Crippen molar-refractivity contribution in [2.75, 3.05) is 6.61 Å². The van der Waals surface area contributed by atoms with Crippen molar-refractivity contribution in [1.82, 2.24) is 0 Å². The molecule has 0 saturated heterocycles. The molecule has 0 amide bonds. The zero-order chi connectivity index (χ0) is 22.6. The molecule has 1 saturated carbocycles. The van der Waals surface area contributed by atoms with E-state index in [0.29, 0.717) is 19.4 Å². The Hall–Kier alpha value is -0.870. The fourth-order valence-electron chi connectivity index (χ4n) is 4.85. The van der Waals surface area contributed by atoms with E-state index in [-0.39, 0.29) is 23.4 Å². The summed E-state index contributed by atoms with van der Waals surface area (Å²) in [6.45, 7) is 11.0. The first-order valence-corrected chi connectivity index (χ1v) is 12.5. The Morgan fingerprint density at radius 2 is 1.83 bits per heavy atom. The lowest BCUT2D eigenvalue weighted by Gasteiger charge is -2.42. The molecule has 0 aromatic carbocycles. The predicted molar refractivity (Wildman–Crippen MR) is 124 cm³/mol. The summed E-state index contributed by atoms with van der Waals surface area (Å²) < 4.78 is 4.97. The van der Waals surface area contributed by atoms with E-state index in [2.05, 4.69) is 33.8 Å². The Bertz CT molecular complexity index is 525. The zero-order valence-electron chi connectivity index (χ0n) is 20.3. The molecule has 0 bridgehead atoms. The molecule has 0 aromatic heterocycles. The number of aliphatic hydroxyl groups excluding tert-OH is 1. The number of carbonyl (C=O) groups is 1. The largest absolute Gasteiger partial charge is 0.466 e. The number of ether oxygens (including phenoxy) is 1. The van der Waals surface area contributed by atoms with E-state index in [1.54, 1.807) is 0 Å². The van der Waals surface area contributed by atoms with Gasteiger partial charge in [0.15, 0.2) is 0 Å².